The quantitative estimate of drug-likeness (QED) is 0.843. The van der Waals surface area contributed by atoms with Gasteiger partial charge in [0.2, 0.25) is 0 Å². The first kappa shape index (κ1) is 16.0. The summed E-state index contributed by atoms with van der Waals surface area (Å²) in [5.41, 5.74) is 6.21. The Morgan fingerprint density at radius 1 is 1.30 bits per heavy atom. The molecular weight excluding hydrogens is 312 g/mol. The Morgan fingerprint density at radius 2 is 2.17 bits per heavy atom. The van der Waals surface area contributed by atoms with Crippen molar-refractivity contribution < 1.29 is 4.79 Å². The van der Waals surface area contributed by atoms with Gasteiger partial charge in [-0.05, 0) is 37.0 Å². The predicted molar refractivity (Wildman–Crippen MR) is 92.4 cm³/mol. The van der Waals surface area contributed by atoms with Crippen LogP contribution in [0.3, 0.4) is 0 Å². The van der Waals surface area contributed by atoms with E-state index in [1.165, 1.54) is 11.1 Å². The Balaban J connectivity index is 0.00000156. The summed E-state index contributed by atoms with van der Waals surface area (Å²) in [5.74, 6) is 0.0211. The first-order chi connectivity index (χ1) is 10.7. The molecule has 0 fully saturated rings. The second-order valence-corrected chi connectivity index (χ2v) is 6.15. The van der Waals surface area contributed by atoms with Crippen LogP contribution in [-0.2, 0) is 19.4 Å². The maximum Gasteiger partial charge on any atom is 0.279 e. The largest absolute Gasteiger partial charge is 0.312 e. The van der Waals surface area contributed by atoms with Crippen LogP contribution in [0, 0.1) is 6.92 Å². The number of H-pyrrole nitrogens is 1. The zero-order chi connectivity index (χ0) is 15.1. The second-order valence-electron chi connectivity index (χ2n) is 6.15. The molecule has 1 amide bonds. The van der Waals surface area contributed by atoms with Gasteiger partial charge in [-0.25, -0.2) is 0 Å². The molecule has 4 rings (SSSR count). The molecule has 0 spiro atoms. The van der Waals surface area contributed by atoms with Gasteiger partial charge in [-0.15, -0.1) is 12.4 Å². The average Bonchev–Trinajstić information content (AvgIpc) is 2.97. The van der Waals surface area contributed by atoms with Crippen LogP contribution in [0.1, 0.15) is 39.3 Å². The van der Waals surface area contributed by atoms with Gasteiger partial charge in [-0.1, -0.05) is 12.1 Å². The molecule has 1 aromatic heterocycles. The fourth-order valence-electron chi connectivity index (χ4n) is 3.43. The number of halogens is 1. The van der Waals surface area contributed by atoms with E-state index in [0.717, 1.165) is 55.8 Å². The molecule has 5 nitrogen and oxygen atoms in total. The van der Waals surface area contributed by atoms with Gasteiger partial charge in [-0.2, -0.15) is 5.10 Å². The van der Waals surface area contributed by atoms with Crippen molar-refractivity contribution in [2.75, 3.05) is 18.0 Å². The number of rotatable bonds is 1. The second kappa shape index (κ2) is 6.34. The highest BCUT2D eigenvalue weighted by molar-refractivity contribution is 6.06. The lowest BCUT2D eigenvalue weighted by Crippen LogP contribution is -2.37. The van der Waals surface area contributed by atoms with Crippen LogP contribution in [0.4, 0.5) is 5.69 Å². The standard InChI is InChI=1S/C17H20N4O.ClH/c1-11-4-5-12-3-2-8-21(15(12)9-11)17(22)16-13-10-18-7-6-14(13)19-20-16;/h4-5,9,18H,2-3,6-8,10H2,1H3,(H,19,20);1H. The number of carbonyl (C=O) groups excluding carboxylic acids is 1. The number of aromatic nitrogens is 2. The smallest absolute Gasteiger partial charge is 0.279 e. The number of nitrogens with one attached hydrogen (secondary N) is 2. The molecule has 0 atom stereocenters. The van der Waals surface area contributed by atoms with E-state index >= 15 is 0 Å². The van der Waals surface area contributed by atoms with E-state index in [0.29, 0.717) is 5.69 Å². The number of hydrogen-bond acceptors (Lipinski definition) is 3. The third-order valence-corrected chi connectivity index (χ3v) is 4.61. The predicted octanol–water partition coefficient (Wildman–Crippen LogP) is 2.38. The van der Waals surface area contributed by atoms with Gasteiger partial charge in [0.05, 0.1) is 0 Å². The molecule has 0 saturated heterocycles. The summed E-state index contributed by atoms with van der Waals surface area (Å²) in [7, 11) is 0. The Labute approximate surface area is 141 Å². The number of hydrogen-bond donors (Lipinski definition) is 2. The molecule has 0 unspecified atom stereocenters. The third-order valence-electron chi connectivity index (χ3n) is 4.61. The van der Waals surface area contributed by atoms with Gasteiger partial charge in [0.25, 0.3) is 5.91 Å². The van der Waals surface area contributed by atoms with Crippen LogP contribution in [0.2, 0.25) is 0 Å². The molecule has 0 saturated carbocycles. The summed E-state index contributed by atoms with van der Waals surface area (Å²) in [4.78, 5) is 14.9. The van der Waals surface area contributed by atoms with Crippen LogP contribution in [-0.4, -0.2) is 29.2 Å². The highest BCUT2D eigenvalue weighted by Crippen LogP contribution is 2.30. The number of benzene rings is 1. The van der Waals surface area contributed by atoms with E-state index in [9.17, 15) is 4.79 Å². The zero-order valence-electron chi connectivity index (χ0n) is 13.2. The van der Waals surface area contributed by atoms with Gasteiger partial charge in [0, 0.05) is 43.0 Å². The van der Waals surface area contributed by atoms with Crippen molar-refractivity contribution in [1.82, 2.24) is 15.5 Å². The summed E-state index contributed by atoms with van der Waals surface area (Å²) in [6, 6.07) is 6.38. The molecule has 0 radical (unpaired) electrons. The Hall–Kier alpha value is -1.85. The number of anilines is 1. The van der Waals surface area contributed by atoms with Crippen molar-refractivity contribution in [3.63, 3.8) is 0 Å². The van der Waals surface area contributed by atoms with Crippen molar-refractivity contribution >= 4 is 24.0 Å². The SMILES string of the molecule is Cc1ccc2c(c1)N(C(=O)c1n[nH]c3c1CNCC3)CCC2.Cl. The summed E-state index contributed by atoms with van der Waals surface area (Å²) >= 11 is 0. The topological polar surface area (TPSA) is 61.0 Å². The van der Waals surface area contributed by atoms with E-state index in [2.05, 4.69) is 40.6 Å². The van der Waals surface area contributed by atoms with Gasteiger partial charge in [0.15, 0.2) is 5.69 Å². The molecule has 2 aliphatic rings. The van der Waals surface area contributed by atoms with E-state index < -0.39 is 0 Å². The number of amides is 1. The van der Waals surface area contributed by atoms with Crippen LogP contribution < -0.4 is 10.2 Å². The Bertz CT molecular complexity index is 740. The molecule has 0 aliphatic carbocycles. The highest BCUT2D eigenvalue weighted by atomic mass is 35.5. The number of aryl methyl sites for hydroxylation is 2. The van der Waals surface area contributed by atoms with E-state index in [1.54, 1.807) is 0 Å². The highest BCUT2D eigenvalue weighted by Gasteiger charge is 2.29. The minimum Gasteiger partial charge on any atom is -0.312 e. The molecule has 3 heterocycles. The number of carbonyl (C=O) groups is 1. The summed E-state index contributed by atoms with van der Waals surface area (Å²) in [6.45, 7) is 4.50. The monoisotopic (exact) mass is 332 g/mol. The van der Waals surface area contributed by atoms with Gasteiger partial charge >= 0.3 is 0 Å². The third kappa shape index (κ3) is 2.75. The fraction of sp³-hybridized carbons (Fsp3) is 0.412. The van der Waals surface area contributed by atoms with E-state index in [4.69, 9.17) is 0 Å². The van der Waals surface area contributed by atoms with Crippen molar-refractivity contribution in [2.24, 2.45) is 0 Å². The van der Waals surface area contributed by atoms with E-state index in [-0.39, 0.29) is 18.3 Å². The molecule has 2 N–H and O–H groups in total. The first-order valence-corrected chi connectivity index (χ1v) is 7.92. The maximum atomic E-state index is 13.0. The maximum absolute atomic E-state index is 13.0. The molecule has 122 valence electrons. The van der Waals surface area contributed by atoms with Gasteiger partial charge in [0.1, 0.15) is 0 Å². The van der Waals surface area contributed by atoms with Crippen molar-refractivity contribution in [3.05, 3.63) is 46.3 Å². The summed E-state index contributed by atoms with van der Waals surface area (Å²) in [6.07, 6.45) is 2.96. The molecule has 0 bridgehead atoms. The lowest BCUT2D eigenvalue weighted by atomic mass is 9.99. The minimum absolute atomic E-state index is 0. The molecule has 1 aromatic carbocycles. The molecular formula is C17H21ClN4O. The minimum atomic E-state index is 0. The van der Waals surface area contributed by atoms with Crippen LogP contribution >= 0.6 is 12.4 Å². The molecule has 23 heavy (non-hydrogen) atoms. The summed E-state index contributed by atoms with van der Waals surface area (Å²) < 4.78 is 0. The average molecular weight is 333 g/mol. The molecule has 2 aromatic rings. The van der Waals surface area contributed by atoms with Crippen molar-refractivity contribution in [3.8, 4) is 0 Å². The van der Waals surface area contributed by atoms with E-state index in [1.807, 2.05) is 4.90 Å². The first-order valence-electron chi connectivity index (χ1n) is 7.92. The van der Waals surface area contributed by atoms with Crippen LogP contribution in [0.25, 0.3) is 0 Å². The van der Waals surface area contributed by atoms with Crippen molar-refractivity contribution in [1.29, 1.82) is 0 Å². The lowest BCUT2D eigenvalue weighted by molar-refractivity contribution is 0.0979. The Kier molecular flexibility index (Phi) is 4.41. The van der Waals surface area contributed by atoms with Crippen LogP contribution in [0.15, 0.2) is 18.2 Å². The lowest BCUT2D eigenvalue weighted by Gasteiger charge is -2.29. The van der Waals surface area contributed by atoms with Gasteiger partial charge in [-0.3, -0.25) is 9.89 Å². The number of fused-ring (bicyclic) bond motifs is 2. The van der Waals surface area contributed by atoms with Crippen LogP contribution in [0.5, 0.6) is 0 Å². The fourth-order valence-corrected chi connectivity index (χ4v) is 3.43. The Morgan fingerprint density at radius 3 is 3.04 bits per heavy atom. The zero-order valence-corrected chi connectivity index (χ0v) is 14.0. The number of aromatic amines is 1. The molecule has 2 aliphatic heterocycles. The summed E-state index contributed by atoms with van der Waals surface area (Å²) in [5, 5.41) is 10.7. The number of nitrogens with zero attached hydrogens (tertiary/aromatic N) is 2. The normalized spacial score (nSPS) is 16.3. The van der Waals surface area contributed by atoms with Gasteiger partial charge < -0.3 is 10.2 Å². The molecule has 6 heteroatoms. The van der Waals surface area contributed by atoms with Crippen molar-refractivity contribution in [2.45, 2.75) is 32.7 Å².